The summed E-state index contributed by atoms with van der Waals surface area (Å²) in [4.78, 5) is 14.9. The minimum Gasteiger partial charge on any atom is -0.325 e. The van der Waals surface area contributed by atoms with Crippen molar-refractivity contribution in [1.82, 2.24) is 9.21 Å². The molecule has 0 atom stereocenters. The third-order valence-corrected chi connectivity index (χ3v) is 6.75. The van der Waals surface area contributed by atoms with Crippen LogP contribution in [-0.4, -0.2) is 68.8 Å². The van der Waals surface area contributed by atoms with Gasteiger partial charge in [0.1, 0.15) is 5.54 Å². The number of piperazine rings is 1. The summed E-state index contributed by atoms with van der Waals surface area (Å²) in [5.74, 6) is -0.103. The number of rotatable bonds is 6. The van der Waals surface area contributed by atoms with Gasteiger partial charge in [0.15, 0.2) is 6.54 Å². The summed E-state index contributed by atoms with van der Waals surface area (Å²) in [5.41, 5.74) is -0.0741. The number of benzene rings is 1. The third-order valence-electron chi connectivity index (χ3n) is 4.90. The minimum atomic E-state index is -3.35. The molecule has 0 unspecified atom stereocenters. The van der Waals surface area contributed by atoms with Gasteiger partial charge < -0.3 is 9.80 Å². The standard InChI is InChI=1S/C18H26N4O3S/c1-18(2,15-19)20(3)17(23)13-21-9-11-22(12-10-21)26(24,25)14-16-7-5-4-6-8-16/h4-8H,9-14H2,1-3H3/p+1. The molecule has 1 aliphatic heterocycles. The van der Waals surface area contributed by atoms with Crippen LogP contribution in [0.15, 0.2) is 30.3 Å². The molecule has 8 heteroatoms. The summed E-state index contributed by atoms with van der Waals surface area (Å²) in [7, 11) is -1.72. The molecule has 0 saturated carbocycles. The van der Waals surface area contributed by atoms with Gasteiger partial charge in [0, 0.05) is 7.05 Å². The van der Waals surface area contributed by atoms with E-state index in [2.05, 4.69) is 6.07 Å². The van der Waals surface area contributed by atoms with Crippen LogP contribution >= 0.6 is 0 Å². The number of hydrogen-bond donors (Lipinski definition) is 1. The molecule has 1 fully saturated rings. The lowest BCUT2D eigenvalue weighted by atomic mass is 10.1. The minimum absolute atomic E-state index is 0.00119. The Labute approximate surface area is 155 Å². The van der Waals surface area contributed by atoms with Gasteiger partial charge in [0.2, 0.25) is 10.0 Å². The summed E-state index contributed by atoms with van der Waals surface area (Å²) >= 11 is 0. The Morgan fingerprint density at radius 2 is 1.85 bits per heavy atom. The predicted octanol–water partition coefficient (Wildman–Crippen LogP) is -0.523. The molecule has 142 valence electrons. The maximum atomic E-state index is 12.6. The molecule has 1 N–H and O–H groups in total. The average Bonchev–Trinajstić information content (AvgIpc) is 2.62. The fraction of sp³-hybridized carbons (Fsp3) is 0.556. The zero-order chi connectivity index (χ0) is 19.4. The van der Waals surface area contributed by atoms with E-state index in [9.17, 15) is 13.2 Å². The Bertz CT molecular complexity index is 763. The highest BCUT2D eigenvalue weighted by atomic mass is 32.2. The van der Waals surface area contributed by atoms with Crippen molar-refractivity contribution in [2.45, 2.75) is 25.1 Å². The first kappa shape index (κ1) is 20.4. The Morgan fingerprint density at radius 3 is 2.38 bits per heavy atom. The fourth-order valence-electron chi connectivity index (χ4n) is 2.85. The molecular formula is C18H27N4O3S+. The van der Waals surface area contributed by atoms with Gasteiger partial charge in [-0.2, -0.15) is 9.57 Å². The van der Waals surface area contributed by atoms with E-state index in [1.165, 1.54) is 9.21 Å². The number of nitrogens with zero attached hydrogens (tertiary/aromatic N) is 3. The van der Waals surface area contributed by atoms with Crippen LogP contribution < -0.4 is 4.90 Å². The lowest BCUT2D eigenvalue weighted by Gasteiger charge is -2.34. The van der Waals surface area contributed by atoms with Crippen LogP contribution in [0.1, 0.15) is 19.4 Å². The Balaban J connectivity index is 1.89. The summed E-state index contributed by atoms with van der Waals surface area (Å²) in [5, 5.41) is 9.14. The second-order valence-corrected chi connectivity index (χ2v) is 9.16. The highest BCUT2D eigenvalue weighted by Gasteiger charge is 2.33. The molecule has 1 aromatic carbocycles. The fourth-order valence-corrected chi connectivity index (χ4v) is 4.39. The van der Waals surface area contributed by atoms with E-state index < -0.39 is 15.6 Å². The van der Waals surface area contributed by atoms with E-state index in [1.54, 1.807) is 20.9 Å². The molecule has 0 radical (unpaired) electrons. The van der Waals surface area contributed by atoms with Crippen LogP contribution in [0.25, 0.3) is 0 Å². The molecule has 2 rings (SSSR count). The molecule has 1 aliphatic rings. The predicted molar refractivity (Wildman–Crippen MR) is 98.7 cm³/mol. The number of sulfonamides is 1. The Hall–Kier alpha value is -1.95. The van der Waals surface area contributed by atoms with E-state index in [1.807, 2.05) is 30.3 Å². The van der Waals surface area contributed by atoms with Gasteiger partial charge in [-0.25, -0.2) is 8.42 Å². The Morgan fingerprint density at radius 1 is 1.27 bits per heavy atom. The first-order valence-electron chi connectivity index (χ1n) is 8.69. The van der Waals surface area contributed by atoms with Gasteiger partial charge >= 0.3 is 0 Å². The number of likely N-dealkylation sites (N-methyl/N-ethyl adjacent to an activating group) is 1. The molecular weight excluding hydrogens is 352 g/mol. The molecule has 26 heavy (non-hydrogen) atoms. The molecule has 0 aliphatic carbocycles. The molecule has 1 aromatic rings. The van der Waals surface area contributed by atoms with Crippen molar-refractivity contribution in [3.8, 4) is 6.07 Å². The first-order chi connectivity index (χ1) is 12.2. The molecule has 1 heterocycles. The number of quaternary nitrogens is 1. The second kappa shape index (κ2) is 8.16. The van der Waals surface area contributed by atoms with Crippen molar-refractivity contribution in [1.29, 1.82) is 5.26 Å². The van der Waals surface area contributed by atoms with Crippen molar-refractivity contribution in [2.24, 2.45) is 0 Å². The van der Waals surface area contributed by atoms with Crippen LogP contribution in [0.2, 0.25) is 0 Å². The van der Waals surface area contributed by atoms with Crippen LogP contribution in [0.3, 0.4) is 0 Å². The summed E-state index contributed by atoms with van der Waals surface area (Å²) in [6.45, 7) is 5.66. The lowest BCUT2D eigenvalue weighted by Crippen LogP contribution is -3.15. The van der Waals surface area contributed by atoms with Gasteiger partial charge in [-0.15, -0.1) is 0 Å². The van der Waals surface area contributed by atoms with Crippen molar-refractivity contribution < 1.29 is 18.1 Å². The number of amides is 1. The summed E-state index contributed by atoms with van der Waals surface area (Å²) in [6, 6.07) is 11.3. The molecule has 1 saturated heterocycles. The summed E-state index contributed by atoms with van der Waals surface area (Å²) < 4.78 is 26.6. The number of carbonyl (C=O) groups is 1. The first-order valence-corrected chi connectivity index (χ1v) is 10.3. The van der Waals surface area contributed by atoms with Crippen molar-refractivity contribution >= 4 is 15.9 Å². The van der Waals surface area contributed by atoms with Gasteiger partial charge in [0.05, 0.1) is 38.0 Å². The van der Waals surface area contributed by atoms with Gasteiger partial charge in [0.25, 0.3) is 5.91 Å². The van der Waals surface area contributed by atoms with Crippen LogP contribution in [0, 0.1) is 11.3 Å². The lowest BCUT2D eigenvalue weighted by molar-refractivity contribution is -0.896. The largest absolute Gasteiger partial charge is 0.325 e. The van der Waals surface area contributed by atoms with Crippen LogP contribution in [-0.2, 0) is 20.6 Å². The maximum absolute atomic E-state index is 12.6. The highest BCUT2D eigenvalue weighted by molar-refractivity contribution is 7.88. The van der Waals surface area contributed by atoms with E-state index >= 15 is 0 Å². The quantitative estimate of drug-likeness (QED) is 0.721. The zero-order valence-electron chi connectivity index (χ0n) is 15.6. The average molecular weight is 380 g/mol. The van der Waals surface area contributed by atoms with Crippen LogP contribution in [0.4, 0.5) is 0 Å². The zero-order valence-corrected chi connectivity index (χ0v) is 16.4. The van der Waals surface area contributed by atoms with Crippen molar-refractivity contribution in [2.75, 3.05) is 39.8 Å². The van der Waals surface area contributed by atoms with Crippen LogP contribution in [0.5, 0.6) is 0 Å². The summed E-state index contributed by atoms with van der Waals surface area (Å²) in [6.07, 6.45) is 0. The van der Waals surface area contributed by atoms with Gasteiger partial charge in [-0.1, -0.05) is 30.3 Å². The third kappa shape index (κ3) is 5.04. The topological polar surface area (TPSA) is 85.9 Å². The monoisotopic (exact) mass is 379 g/mol. The maximum Gasteiger partial charge on any atom is 0.278 e. The second-order valence-electron chi connectivity index (χ2n) is 7.19. The SMILES string of the molecule is CN(C(=O)C[NH+]1CCN(S(=O)(=O)Cc2ccccc2)CC1)C(C)(C)C#N. The normalized spacial score (nSPS) is 16.8. The molecule has 0 aromatic heterocycles. The molecule has 7 nitrogen and oxygen atoms in total. The van der Waals surface area contributed by atoms with Gasteiger partial charge in [-0.3, -0.25) is 4.79 Å². The van der Waals surface area contributed by atoms with Crippen molar-refractivity contribution in [3.63, 3.8) is 0 Å². The van der Waals surface area contributed by atoms with E-state index in [4.69, 9.17) is 5.26 Å². The molecule has 0 bridgehead atoms. The number of nitrogens with one attached hydrogen (secondary N) is 1. The Kier molecular flexibility index (Phi) is 6.39. The highest BCUT2D eigenvalue weighted by Crippen LogP contribution is 2.11. The number of nitriles is 1. The molecule has 1 amide bonds. The molecule has 0 spiro atoms. The van der Waals surface area contributed by atoms with Crippen molar-refractivity contribution in [3.05, 3.63) is 35.9 Å². The van der Waals surface area contributed by atoms with Gasteiger partial charge in [-0.05, 0) is 19.4 Å². The van der Waals surface area contributed by atoms with E-state index in [0.717, 1.165) is 10.5 Å². The number of carbonyl (C=O) groups excluding carboxylic acids is 1. The van der Waals surface area contributed by atoms with E-state index in [-0.39, 0.29) is 18.2 Å². The smallest absolute Gasteiger partial charge is 0.278 e. The van der Waals surface area contributed by atoms with E-state index in [0.29, 0.717) is 26.2 Å². The number of hydrogen-bond acceptors (Lipinski definition) is 4.